The molecule has 0 aliphatic heterocycles. The number of nitrogens with one attached hydrogen (secondary N) is 5. The number of hydrogen-bond donors (Lipinski definition) is 5. The summed E-state index contributed by atoms with van der Waals surface area (Å²) in [5.41, 5.74) is 4.15. The highest BCUT2D eigenvalue weighted by molar-refractivity contribution is 5.94. The SMILES string of the molecule is CCNC(=O)NOCC(=O)NC(CC(=O)NC(c1ccccc1)(c1ccccc1)c1ccccc1)C(=O)N[C@H](c1cccc2ccccc12)[C@H](C)C(OCC)OCC. The maximum Gasteiger partial charge on any atom is 0.338 e. The van der Waals surface area contributed by atoms with Crippen LogP contribution in [0.3, 0.4) is 0 Å². The van der Waals surface area contributed by atoms with E-state index in [0.717, 1.165) is 33.0 Å². The highest BCUT2D eigenvalue weighted by atomic mass is 16.7. The maximum atomic E-state index is 14.7. The Labute approximate surface area is 340 Å². The second kappa shape index (κ2) is 21.4. The van der Waals surface area contributed by atoms with Crippen LogP contribution in [0, 0.1) is 5.92 Å². The summed E-state index contributed by atoms with van der Waals surface area (Å²) in [5, 5.41) is 13.5. The Balaban J connectivity index is 1.53. The molecule has 0 spiro atoms. The van der Waals surface area contributed by atoms with Gasteiger partial charge in [-0.1, -0.05) is 140 Å². The quantitative estimate of drug-likeness (QED) is 0.0354. The highest BCUT2D eigenvalue weighted by Crippen LogP contribution is 2.37. The lowest BCUT2D eigenvalue weighted by atomic mass is 9.77. The number of fused-ring (bicyclic) bond motifs is 1. The van der Waals surface area contributed by atoms with E-state index in [0.29, 0.717) is 19.8 Å². The van der Waals surface area contributed by atoms with Crippen molar-refractivity contribution in [3.05, 3.63) is 156 Å². The van der Waals surface area contributed by atoms with Crippen molar-refractivity contribution in [1.29, 1.82) is 0 Å². The average molecular weight is 788 g/mol. The molecule has 58 heavy (non-hydrogen) atoms. The first kappa shape index (κ1) is 43.1. The molecule has 5 aromatic rings. The van der Waals surface area contributed by atoms with Gasteiger partial charge in [0.1, 0.15) is 11.6 Å². The van der Waals surface area contributed by atoms with Crippen LogP contribution >= 0.6 is 0 Å². The molecule has 1 unspecified atom stereocenters. The summed E-state index contributed by atoms with van der Waals surface area (Å²) in [6.07, 6.45) is -1.14. The maximum absolute atomic E-state index is 14.7. The predicted octanol–water partition coefficient (Wildman–Crippen LogP) is 6.27. The first-order chi connectivity index (χ1) is 28.2. The zero-order chi connectivity index (χ0) is 41.3. The molecule has 3 atom stereocenters. The highest BCUT2D eigenvalue weighted by Gasteiger charge is 2.40. The smallest absolute Gasteiger partial charge is 0.338 e. The van der Waals surface area contributed by atoms with Gasteiger partial charge in [-0.2, -0.15) is 0 Å². The van der Waals surface area contributed by atoms with E-state index in [1.54, 1.807) is 6.92 Å². The lowest BCUT2D eigenvalue weighted by Crippen LogP contribution is -2.54. The molecule has 0 fully saturated rings. The predicted molar refractivity (Wildman–Crippen MR) is 223 cm³/mol. The molecule has 0 aromatic heterocycles. The van der Waals surface area contributed by atoms with E-state index in [4.69, 9.17) is 14.3 Å². The van der Waals surface area contributed by atoms with E-state index in [1.807, 2.05) is 154 Å². The number of hydrogen-bond acceptors (Lipinski definition) is 7. The molecule has 5 N–H and O–H groups in total. The van der Waals surface area contributed by atoms with E-state index in [2.05, 4.69) is 26.7 Å². The summed E-state index contributed by atoms with van der Waals surface area (Å²) in [4.78, 5) is 59.8. The second-order valence-corrected chi connectivity index (χ2v) is 13.7. The Morgan fingerprint density at radius 2 is 1.17 bits per heavy atom. The largest absolute Gasteiger partial charge is 0.353 e. The van der Waals surface area contributed by atoms with Crippen LogP contribution in [-0.2, 0) is 34.2 Å². The van der Waals surface area contributed by atoms with Crippen LogP contribution in [0.15, 0.2) is 133 Å². The first-order valence-corrected chi connectivity index (χ1v) is 19.7. The van der Waals surface area contributed by atoms with Gasteiger partial charge in [0, 0.05) is 25.7 Å². The number of benzene rings is 5. The fourth-order valence-corrected chi connectivity index (χ4v) is 7.14. The zero-order valence-corrected chi connectivity index (χ0v) is 33.4. The first-order valence-electron chi connectivity index (χ1n) is 19.7. The van der Waals surface area contributed by atoms with Crippen molar-refractivity contribution in [2.75, 3.05) is 26.4 Å². The molecule has 0 bridgehead atoms. The molecule has 0 radical (unpaired) electrons. The van der Waals surface area contributed by atoms with Crippen molar-refractivity contribution in [3.8, 4) is 0 Å². The van der Waals surface area contributed by atoms with E-state index in [9.17, 15) is 19.2 Å². The van der Waals surface area contributed by atoms with Crippen LogP contribution in [0.1, 0.15) is 62.4 Å². The van der Waals surface area contributed by atoms with E-state index >= 15 is 0 Å². The Morgan fingerprint density at radius 1 is 0.638 bits per heavy atom. The molecular formula is C46H53N5O7. The van der Waals surface area contributed by atoms with Gasteiger partial charge < -0.3 is 30.7 Å². The van der Waals surface area contributed by atoms with Gasteiger partial charge in [-0.05, 0) is 53.8 Å². The molecule has 0 saturated carbocycles. The van der Waals surface area contributed by atoms with Crippen LogP contribution in [0.2, 0.25) is 0 Å². The van der Waals surface area contributed by atoms with Crippen molar-refractivity contribution in [3.63, 3.8) is 0 Å². The molecule has 5 rings (SSSR count). The van der Waals surface area contributed by atoms with Gasteiger partial charge in [0.05, 0.1) is 12.5 Å². The molecule has 304 valence electrons. The third-order valence-electron chi connectivity index (χ3n) is 9.77. The number of carbonyl (C=O) groups is 4. The molecule has 0 heterocycles. The number of carbonyl (C=O) groups excluding carboxylic acids is 4. The fraction of sp³-hybridized carbons (Fsp3) is 0.304. The fourth-order valence-electron chi connectivity index (χ4n) is 7.14. The summed E-state index contributed by atoms with van der Waals surface area (Å²) in [6.45, 7) is 7.89. The number of amides is 5. The molecule has 0 aliphatic carbocycles. The number of ether oxygens (including phenoxy) is 2. The zero-order valence-electron chi connectivity index (χ0n) is 33.4. The van der Waals surface area contributed by atoms with Gasteiger partial charge in [-0.3, -0.25) is 19.2 Å². The normalized spacial score (nSPS) is 12.9. The number of rotatable bonds is 20. The summed E-state index contributed by atoms with van der Waals surface area (Å²) >= 11 is 0. The molecular weight excluding hydrogens is 735 g/mol. The Morgan fingerprint density at radius 3 is 1.72 bits per heavy atom. The average Bonchev–Trinajstić information content (AvgIpc) is 3.25. The second-order valence-electron chi connectivity index (χ2n) is 13.7. The minimum Gasteiger partial charge on any atom is -0.353 e. The van der Waals surface area contributed by atoms with Gasteiger partial charge >= 0.3 is 6.03 Å². The lowest BCUT2D eigenvalue weighted by Gasteiger charge is -2.37. The molecule has 12 heteroatoms. The van der Waals surface area contributed by atoms with E-state index < -0.39 is 66.6 Å². The number of urea groups is 1. The van der Waals surface area contributed by atoms with Crippen molar-refractivity contribution in [2.45, 2.75) is 58.0 Å². The minimum atomic E-state index is -1.39. The Kier molecular flexibility index (Phi) is 15.9. The topological polar surface area (TPSA) is 156 Å². The van der Waals surface area contributed by atoms with Gasteiger partial charge in [-0.15, -0.1) is 0 Å². The standard InChI is InChI=1S/C46H53N5O7/c1-5-47-45(55)51-58-31-41(53)48-39(43(54)49-42(32(4)44(56-6-2)57-7-3)38-29-19-21-33-20-17-18-28-37(33)38)30-40(52)50-46(34-22-11-8-12-23-34,35-24-13-9-14-25-35)36-26-15-10-16-27-36/h8-29,32,39,42,44H,5-7,30-31H2,1-4H3,(H,48,53)(H,49,54)(H,50,52)(H2,47,51,55)/t32-,39?,42-/m0/s1. The van der Waals surface area contributed by atoms with Crippen LogP contribution in [0.25, 0.3) is 10.8 Å². The monoisotopic (exact) mass is 787 g/mol. The third kappa shape index (κ3) is 10.9. The van der Waals surface area contributed by atoms with Gasteiger partial charge in [0.2, 0.25) is 17.7 Å². The van der Waals surface area contributed by atoms with Crippen LogP contribution in [0.4, 0.5) is 4.79 Å². The van der Waals surface area contributed by atoms with Gasteiger partial charge in [0.25, 0.3) is 0 Å². The van der Waals surface area contributed by atoms with Crippen molar-refractivity contribution in [2.24, 2.45) is 5.92 Å². The van der Waals surface area contributed by atoms with Gasteiger partial charge in [0.15, 0.2) is 12.9 Å². The summed E-state index contributed by atoms with van der Waals surface area (Å²) in [6, 6.07) is 39.8. The van der Waals surface area contributed by atoms with E-state index in [-0.39, 0.29) is 0 Å². The Bertz CT molecular complexity index is 1980. The summed E-state index contributed by atoms with van der Waals surface area (Å²) in [7, 11) is 0. The van der Waals surface area contributed by atoms with Crippen LogP contribution in [0.5, 0.6) is 0 Å². The van der Waals surface area contributed by atoms with Crippen LogP contribution < -0.4 is 26.7 Å². The molecule has 5 amide bonds. The van der Waals surface area contributed by atoms with Crippen molar-refractivity contribution >= 4 is 34.5 Å². The molecule has 5 aromatic carbocycles. The Hall–Kier alpha value is -6.08. The lowest BCUT2D eigenvalue weighted by molar-refractivity contribution is -0.170. The molecule has 0 aliphatic rings. The summed E-state index contributed by atoms with van der Waals surface area (Å²) < 4.78 is 12.1. The van der Waals surface area contributed by atoms with Crippen molar-refractivity contribution < 1.29 is 33.5 Å². The number of hydroxylamine groups is 1. The minimum absolute atomic E-state index is 0.346. The van der Waals surface area contributed by atoms with E-state index in [1.165, 1.54) is 0 Å². The third-order valence-corrected chi connectivity index (χ3v) is 9.77. The molecule has 12 nitrogen and oxygen atoms in total. The molecule has 0 saturated heterocycles. The van der Waals surface area contributed by atoms with Gasteiger partial charge in [-0.25, -0.2) is 10.3 Å². The van der Waals surface area contributed by atoms with Crippen molar-refractivity contribution in [1.82, 2.24) is 26.7 Å². The summed E-state index contributed by atoms with van der Waals surface area (Å²) in [5.74, 6) is -2.30. The van der Waals surface area contributed by atoms with Crippen LogP contribution in [-0.4, -0.2) is 62.4 Å².